The van der Waals surface area contributed by atoms with Gasteiger partial charge in [-0.15, -0.1) is 0 Å². The van der Waals surface area contributed by atoms with Crippen molar-refractivity contribution in [2.24, 2.45) is 16.8 Å². The average molecular weight is 555 g/mol. The third kappa shape index (κ3) is 8.66. The second-order valence-electron chi connectivity index (χ2n) is 9.75. The molecule has 6 unspecified atom stereocenters. The molecule has 1 aromatic heterocycles. The van der Waals surface area contributed by atoms with E-state index in [0.29, 0.717) is 17.0 Å². The number of allylic oxidation sites excluding steroid dienone is 2. The average Bonchev–Trinajstić information content (AvgIpc) is 3.15. The standard InChI is InChI=1S/C27H37F3N4O3S/c1-18-12-20(13-19(2)37-18)6-4-8-25-21(16-31)14-22(34(25)17-27(28,29)30)7-5-11-33-24-10-9-23(38(32)35)15-26(24)36-3/h4,6,8-10,14,16,18-20,23-24,26,33H,11-13,15,17,31-32H2,1-3H3/b6-4-,21-16+,25-8+. The van der Waals surface area contributed by atoms with E-state index in [-0.39, 0.29) is 47.8 Å². The van der Waals surface area contributed by atoms with E-state index in [2.05, 4.69) is 17.2 Å². The fourth-order valence-electron chi connectivity index (χ4n) is 5.02. The first-order valence-electron chi connectivity index (χ1n) is 12.6. The quantitative estimate of drug-likeness (QED) is 0.268. The van der Waals surface area contributed by atoms with E-state index >= 15 is 0 Å². The van der Waals surface area contributed by atoms with Crippen LogP contribution in [0.1, 0.15) is 38.8 Å². The molecule has 38 heavy (non-hydrogen) atoms. The molecule has 1 aliphatic carbocycles. The molecule has 3 rings (SSSR count). The van der Waals surface area contributed by atoms with Crippen molar-refractivity contribution in [2.45, 2.75) is 75.4 Å². The molecule has 0 aromatic carbocycles. The van der Waals surface area contributed by atoms with E-state index in [9.17, 15) is 17.7 Å². The molecule has 210 valence electrons. The lowest BCUT2D eigenvalue weighted by Crippen LogP contribution is -2.46. The Morgan fingerprint density at radius 2 is 1.97 bits per heavy atom. The monoisotopic (exact) mass is 554 g/mol. The summed E-state index contributed by atoms with van der Waals surface area (Å²) in [5.41, 5.74) is 5.99. The lowest BCUT2D eigenvalue weighted by atomic mass is 9.92. The minimum absolute atomic E-state index is 0.139. The summed E-state index contributed by atoms with van der Waals surface area (Å²) in [6.45, 7) is 3.07. The van der Waals surface area contributed by atoms with Crippen LogP contribution in [0, 0.1) is 17.8 Å². The van der Waals surface area contributed by atoms with Crippen LogP contribution in [0.5, 0.6) is 0 Å². The molecule has 2 aliphatic rings. The summed E-state index contributed by atoms with van der Waals surface area (Å²) in [5.74, 6) is 6.06. The minimum Gasteiger partial charge on any atom is -0.598 e. The number of rotatable bonds is 7. The van der Waals surface area contributed by atoms with Crippen LogP contribution in [0.15, 0.2) is 30.4 Å². The fraction of sp³-hybridized carbons (Fsp3) is 0.556. The van der Waals surface area contributed by atoms with Crippen molar-refractivity contribution in [1.29, 1.82) is 0 Å². The zero-order valence-electron chi connectivity index (χ0n) is 21.9. The van der Waals surface area contributed by atoms with E-state index in [1.165, 1.54) is 6.20 Å². The number of nitrogens with two attached hydrogens (primary N) is 2. The number of hydrogen-bond acceptors (Lipinski definition) is 6. The number of halogens is 3. The van der Waals surface area contributed by atoms with Crippen LogP contribution in [0.2, 0.25) is 0 Å². The Kier molecular flexibility index (Phi) is 11.0. The number of alkyl halides is 3. The van der Waals surface area contributed by atoms with E-state index in [1.54, 1.807) is 31.4 Å². The highest BCUT2D eigenvalue weighted by Crippen LogP contribution is 2.25. The maximum Gasteiger partial charge on any atom is 0.406 e. The van der Waals surface area contributed by atoms with E-state index in [1.807, 2.05) is 26.0 Å². The summed E-state index contributed by atoms with van der Waals surface area (Å²) in [4.78, 5) is 0. The smallest absolute Gasteiger partial charge is 0.406 e. The summed E-state index contributed by atoms with van der Waals surface area (Å²) in [6, 6.07) is 1.38. The second-order valence-corrected chi connectivity index (χ2v) is 11.0. The SMILES string of the molecule is COC1CC([S+](N)[O-])C=CC1NCC#Cc1cc(=C\N)/c(=C\C=C/C2CC(C)OC(C)C2)n1CC(F)(F)F. The Bertz CT molecular complexity index is 1160. The summed E-state index contributed by atoms with van der Waals surface area (Å²) in [7, 11) is 1.56. The molecule has 11 heteroatoms. The third-order valence-corrected chi connectivity index (χ3v) is 7.65. The lowest BCUT2D eigenvalue weighted by Gasteiger charge is -2.30. The van der Waals surface area contributed by atoms with Crippen molar-refractivity contribution in [3.05, 3.63) is 46.6 Å². The van der Waals surface area contributed by atoms with E-state index in [4.69, 9.17) is 20.3 Å². The highest BCUT2D eigenvalue weighted by molar-refractivity contribution is 7.89. The summed E-state index contributed by atoms with van der Waals surface area (Å²) in [5, 5.41) is 9.24. The molecule has 5 N–H and O–H groups in total. The van der Waals surface area contributed by atoms with Crippen molar-refractivity contribution in [2.75, 3.05) is 13.7 Å². The maximum absolute atomic E-state index is 13.5. The lowest BCUT2D eigenvalue weighted by molar-refractivity contribution is -0.141. The first-order chi connectivity index (χ1) is 18.0. The summed E-state index contributed by atoms with van der Waals surface area (Å²) >= 11 is -1.49. The molecule has 0 radical (unpaired) electrons. The van der Waals surface area contributed by atoms with Gasteiger partial charge in [0.25, 0.3) is 0 Å². The predicted octanol–water partition coefficient (Wildman–Crippen LogP) is 1.56. The van der Waals surface area contributed by atoms with Crippen LogP contribution >= 0.6 is 0 Å². The van der Waals surface area contributed by atoms with Crippen LogP contribution in [0.4, 0.5) is 13.2 Å². The minimum atomic E-state index is -4.43. The first-order valence-corrected chi connectivity index (χ1v) is 13.9. The van der Waals surface area contributed by atoms with Crippen LogP contribution in [-0.4, -0.2) is 58.6 Å². The zero-order valence-corrected chi connectivity index (χ0v) is 22.7. The predicted molar refractivity (Wildman–Crippen MR) is 144 cm³/mol. The molecule has 0 amide bonds. The van der Waals surface area contributed by atoms with Crippen LogP contribution < -0.4 is 26.8 Å². The number of nitrogens with zero attached hydrogens (tertiary/aromatic N) is 1. The van der Waals surface area contributed by atoms with Crippen LogP contribution in [-0.2, 0) is 27.4 Å². The van der Waals surface area contributed by atoms with Gasteiger partial charge in [-0.3, -0.25) is 5.32 Å². The summed E-state index contributed by atoms with van der Waals surface area (Å²) < 4.78 is 64.4. The van der Waals surface area contributed by atoms with Crippen molar-refractivity contribution < 1.29 is 27.2 Å². The van der Waals surface area contributed by atoms with Gasteiger partial charge in [0.15, 0.2) is 5.25 Å². The molecule has 7 nitrogen and oxygen atoms in total. The number of aromatic nitrogens is 1. The number of hydrogen-bond donors (Lipinski definition) is 3. The first kappa shape index (κ1) is 30.3. The maximum atomic E-state index is 13.5. The van der Waals surface area contributed by atoms with Gasteiger partial charge in [0.2, 0.25) is 0 Å². The Morgan fingerprint density at radius 3 is 2.58 bits per heavy atom. The molecule has 0 saturated carbocycles. The molecule has 1 fully saturated rings. The van der Waals surface area contributed by atoms with Crippen molar-refractivity contribution in [3.63, 3.8) is 0 Å². The highest BCUT2D eigenvalue weighted by Gasteiger charge is 2.31. The van der Waals surface area contributed by atoms with Crippen molar-refractivity contribution in [1.82, 2.24) is 9.88 Å². The Balaban J connectivity index is 1.82. The highest BCUT2D eigenvalue weighted by atomic mass is 32.2. The van der Waals surface area contributed by atoms with Crippen molar-refractivity contribution in [3.8, 4) is 11.8 Å². The molecule has 0 bridgehead atoms. The Labute approximate surface area is 225 Å². The molecule has 0 spiro atoms. The number of ether oxygens (including phenoxy) is 2. The molecule has 1 saturated heterocycles. The van der Waals surface area contributed by atoms with Gasteiger partial charge >= 0.3 is 6.18 Å². The number of nitrogens with one attached hydrogen (secondary N) is 1. The third-order valence-electron chi connectivity index (χ3n) is 6.70. The summed E-state index contributed by atoms with van der Waals surface area (Å²) in [6.07, 6.45) is 8.20. The van der Waals surface area contributed by atoms with Gasteiger partial charge in [-0.2, -0.15) is 18.3 Å². The molecular weight excluding hydrogens is 517 g/mol. The van der Waals surface area contributed by atoms with Crippen LogP contribution in [0.3, 0.4) is 0 Å². The van der Waals surface area contributed by atoms with Crippen LogP contribution in [0.25, 0.3) is 12.3 Å². The van der Waals surface area contributed by atoms with Gasteiger partial charge in [0.1, 0.15) is 6.54 Å². The second kappa shape index (κ2) is 13.7. The van der Waals surface area contributed by atoms with Gasteiger partial charge in [-0.05, 0) is 56.7 Å². The Morgan fingerprint density at radius 1 is 1.26 bits per heavy atom. The van der Waals surface area contributed by atoms with Gasteiger partial charge in [0, 0.05) is 36.3 Å². The van der Waals surface area contributed by atoms with Crippen molar-refractivity contribution >= 4 is 23.6 Å². The van der Waals surface area contributed by atoms with Gasteiger partial charge in [-0.25, -0.2) is 0 Å². The zero-order chi connectivity index (χ0) is 27.9. The van der Waals surface area contributed by atoms with E-state index in [0.717, 1.165) is 17.4 Å². The van der Waals surface area contributed by atoms with Gasteiger partial charge in [0.05, 0.1) is 41.9 Å². The van der Waals surface area contributed by atoms with Gasteiger partial charge in [-0.1, -0.05) is 24.1 Å². The largest absolute Gasteiger partial charge is 0.598 e. The van der Waals surface area contributed by atoms with E-state index < -0.39 is 24.1 Å². The fourth-order valence-corrected chi connectivity index (χ4v) is 5.64. The normalized spacial score (nSPS) is 30.0. The Hall–Kier alpha value is -2.20. The molecule has 2 heterocycles. The topological polar surface area (TPSA) is 111 Å². The van der Waals surface area contributed by atoms with Gasteiger partial charge < -0.3 is 24.3 Å². The molecule has 6 atom stereocenters. The molecular formula is C27H37F3N4O3S. The number of methoxy groups -OCH3 is 1. The molecule has 1 aliphatic heterocycles. The molecule has 1 aromatic rings.